The van der Waals surface area contributed by atoms with Gasteiger partial charge in [0, 0.05) is 47.9 Å². The van der Waals surface area contributed by atoms with Crippen molar-refractivity contribution >= 4 is 21.0 Å². The van der Waals surface area contributed by atoms with E-state index in [-0.39, 0.29) is 10.9 Å². The fraction of sp³-hybridized carbons (Fsp3) is 0.296. The van der Waals surface area contributed by atoms with Crippen molar-refractivity contribution in [3.63, 3.8) is 0 Å². The summed E-state index contributed by atoms with van der Waals surface area (Å²) in [5.74, 6) is 0. The van der Waals surface area contributed by atoms with Crippen molar-refractivity contribution in [2.75, 3.05) is 19.6 Å². The van der Waals surface area contributed by atoms with E-state index in [1.165, 1.54) is 0 Å². The first-order valence-corrected chi connectivity index (χ1v) is 13.3. The Bertz CT molecular complexity index is 1380. The molecular weight excluding hydrogens is 462 g/mol. The van der Waals surface area contributed by atoms with Crippen LogP contribution in [0.3, 0.4) is 0 Å². The highest BCUT2D eigenvalue weighted by Crippen LogP contribution is 2.24. The number of aromatic nitrogens is 1. The summed E-state index contributed by atoms with van der Waals surface area (Å²) in [6, 6.07) is 18.4. The molecule has 7 nitrogen and oxygen atoms in total. The zero-order valence-corrected chi connectivity index (χ0v) is 20.2. The molecule has 1 aliphatic rings. The molecule has 2 aromatic carbocycles. The molecule has 0 amide bonds. The van der Waals surface area contributed by atoms with Crippen LogP contribution in [0.15, 0.2) is 88.6 Å². The predicted octanol–water partition coefficient (Wildman–Crippen LogP) is 3.84. The first kappa shape index (κ1) is 23.7. The van der Waals surface area contributed by atoms with E-state index in [0.29, 0.717) is 25.8 Å². The quantitative estimate of drug-likeness (QED) is 0.389. The fourth-order valence-electron chi connectivity index (χ4n) is 4.70. The number of hydrogen-bond donors (Lipinski definition) is 2. The Balaban J connectivity index is 1.15. The highest BCUT2D eigenvalue weighted by Gasteiger charge is 2.26. The van der Waals surface area contributed by atoms with Crippen LogP contribution in [-0.4, -0.2) is 55.2 Å². The van der Waals surface area contributed by atoms with Crippen LogP contribution in [0.4, 0.5) is 0 Å². The van der Waals surface area contributed by atoms with Crippen molar-refractivity contribution in [3.8, 4) is 11.1 Å². The van der Waals surface area contributed by atoms with E-state index in [1.807, 2.05) is 42.5 Å². The van der Waals surface area contributed by atoms with Gasteiger partial charge in [-0.2, -0.15) is 0 Å². The molecule has 4 aromatic rings. The average Bonchev–Trinajstić information content (AvgIpc) is 3.28. The zero-order chi connectivity index (χ0) is 24.3. The lowest BCUT2D eigenvalue weighted by Crippen LogP contribution is -2.46. The first-order valence-electron chi connectivity index (χ1n) is 11.9. The van der Waals surface area contributed by atoms with Crippen LogP contribution in [0.1, 0.15) is 18.4 Å². The highest BCUT2D eigenvalue weighted by atomic mass is 32.2. The van der Waals surface area contributed by atoms with E-state index < -0.39 is 16.1 Å². The molecule has 5 rings (SSSR count). The summed E-state index contributed by atoms with van der Waals surface area (Å²) in [6.07, 6.45) is 6.54. The third-order valence-electron chi connectivity index (χ3n) is 6.53. The lowest BCUT2D eigenvalue weighted by Gasteiger charge is -2.33. The standard InChI is InChI=1S/C27H29N3O4S/c31-24(15-22-19-34-27-9-2-1-8-26(22)27)18-30-13-10-23(11-14-30)29-35(32,33)25-7-3-5-20(16-25)21-6-4-12-28-17-21/h1-9,12,16-17,19,23-24,29,31H,10-11,13-15,18H2. The number of aliphatic hydroxyl groups excluding tert-OH is 1. The number of nitrogens with zero attached hydrogens (tertiary/aromatic N) is 2. The largest absolute Gasteiger partial charge is 0.464 e. The number of hydrogen-bond acceptors (Lipinski definition) is 6. The molecule has 182 valence electrons. The number of likely N-dealkylation sites (tertiary alicyclic amines) is 1. The van der Waals surface area contributed by atoms with Crippen LogP contribution in [-0.2, 0) is 16.4 Å². The molecule has 0 saturated carbocycles. The average molecular weight is 492 g/mol. The summed E-state index contributed by atoms with van der Waals surface area (Å²) in [5, 5.41) is 11.7. The normalized spacial score (nSPS) is 16.5. The minimum atomic E-state index is -3.63. The number of aliphatic hydroxyl groups is 1. The van der Waals surface area contributed by atoms with E-state index in [0.717, 1.165) is 40.7 Å². The molecule has 0 bridgehead atoms. The Labute approximate surface area is 205 Å². The van der Waals surface area contributed by atoms with Gasteiger partial charge >= 0.3 is 0 Å². The topological polar surface area (TPSA) is 95.7 Å². The summed E-state index contributed by atoms with van der Waals surface area (Å²) in [4.78, 5) is 6.56. The van der Waals surface area contributed by atoms with Crippen LogP contribution >= 0.6 is 0 Å². The number of benzene rings is 2. The molecule has 1 fully saturated rings. The Hall–Kier alpha value is -3.04. The summed E-state index contributed by atoms with van der Waals surface area (Å²) in [5.41, 5.74) is 3.52. The van der Waals surface area contributed by atoms with Gasteiger partial charge in [-0.05, 0) is 55.8 Å². The van der Waals surface area contributed by atoms with Crippen LogP contribution < -0.4 is 4.72 Å². The summed E-state index contributed by atoms with van der Waals surface area (Å²) in [6.45, 7) is 2.00. The number of β-amino-alcohol motifs (C(OH)–C–C–N with tert-alkyl or cyclic N) is 1. The van der Waals surface area contributed by atoms with Crippen molar-refractivity contribution < 1.29 is 17.9 Å². The second kappa shape index (κ2) is 10.3. The van der Waals surface area contributed by atoms with Crippen molar-refractivity contribution in [2.24, 2.45) is 0 Å². The van der Waals surface area contributed by atoms with Crippen molar-refractivity contribution in [1.29, 1.82) is 0 Å². The Morgan fingerprint density at radius 2 is 1.86 bits per heavy atom. The molecule has 1 saturated heterocycles. The number of furan rings is 1. The molecule has 1 unspecified atom stereocenters. The fourth-order valence-corrected chi connectivity index (χ4v) is 6.05. The van der Waals surface area contributed by atoms with Gasteiger partial charge in [-0.1, -0.05) is 36.4 Å². The minimum absolute atomic E-state index is 0.131. The Morgan fingerprint density at radius 1 is 1.06 bits per heavy atom. The molecule has 0 spiro atoms. The molecule has 2 aromatic heterocycles. The lowest BCUT2D eigenvalue weighted by atomic mass is 10.0. The summed E-state index contributed by atoms with van der Waals surface area (Å²) < 4.78 is 34.5. The van der Waals surface area contributed by atoms with Crippen molar-refractivity contribution in [3.05, 3.63) is 84.9 Å². The Kier molecular flexibility index (Phi) is 6.97. The van der Waals surface area contributed by atoms with Crippen LogP contribution in [0.5, 0.6) is 0 Å². The van der Waals surface area contributed by atoms with Crippen LogP contribution in [0, 0.1) is 0 Å². The summed E-state index contributed by atoms with van der Waals surface area (Å²) in [7, 11) is -3.63. The minimum Gasteiger partial charge on any atom is -0.464 e. The van der Waals surface area contributed by atoms with E-state index in [4.69, 9.17) is 4.42 Å². The van der Waals surface area contributed by atoms with Gasteiger partial charge in [0.2, 0.25) is 10.0 Å². The van der Waals surface area contributed by atoms with E-state index >= 15 is 0 Å². The molecule has 35 heavy (non-hydrogen) atoms. The molecule has 8 heteroatoms. The molecule has 1 aliphatic heterocycles. The Morgan fingerprint density at radius 3 is 2.66 bits per heavy atom. The molecule has 0 aliphatic carbocycles. The van der Waals surface area contributed by atoms with E-state index in [2.05, 4.69) is 14.6 Å². The first-order chi connectivity index (χ1) is 17.0. The maximum absolute atomic E-state index is 13.0. The number of nitrogens with one attached hydrogen (secondary N) is 1. The van der Waals surface area contributed by atoms with Crippen LogP contribution in [0.2, 0.25) is 0 Å². The molecule has 3 heterocycles. The maximum Gasteiger partial charge on any atom is 0.240 e. The SMILES string of the molecule is O=S(=O)(NC1CCN(CC(O)Cc2coc3ccccc23)CC1)c1cccc(-c2cccnc2)c1. The lowest BCUT2D eigenvalue weighted by molar-refractivity contribution is 0.0963. The van der Waals surface area contributed by atoms with E-state index in [1.54, 1.807) is 36.9 Å². The van der Waals surface area contributed by atoms with Gasteiger partial charge in [0.15, 0.2) is 0 Å². The maximum atomic E-state index is 13.0. The van der Waals surface area contributed by atoms with E-state index in [9.17, 15) is 13.5 Å². The van der Waals surface area contributed by atoms with Crippen LogP contribution in [0.25, 0.3) is 22.1 Å². The number of pyridine rings is 1. The number of piperidine rings is 1. The van der Waals surface area contributed by atoms with Gasteiger partial charge in [0.25, 0.3) is 0 Å². The number of sulfonamides is 1. The molecule has 0 radical (unpaired) electrons. The van der Waals surface area contributed by atoms with Gasteiger partial charge in [0.1, 0.15) is 5.58 Å². The van der Waals surface area contributed by atoms with Gasteiger partial charge < -0.3 is 14.4 Å². The highest BCUT2D eigenvalue weighted by molar-refractivity contribution is 7.89. The summed E-state index contributed by atoms with van der Waals surface area (Å²) >= 11 is 0. The third-order valence-corrected chi connectivity index (χ3v) is 8.05. The third kappa shape index (κ3) is 5.62. The molecule has 2 N–H and O–H groups in total. The van der Waals surface area contributed by atoms with Gasteiger partial charge in [-0.3, -0.25) is 4.98 Å². The van der Waals surface area contributed by atoms with Gasteiger partial charge in [0.05, 0.1) is 17.3 Å². The van der Waals surface area contributed by atoms with Gasteiger partial charge in [-0.15, -0.1) is 0 Å². The predicted molar refractivity (Wildman–Crippen MR) is 135 cm³/mol. The van der Waals surface area contributed by atoms with Gasteiger partial charge in [-0.25, -0.2) is 13.1 Å². The van der Waals surface area contributed by atoms with Crippen molar-refractivity contribution in [2.45, 2.75) is 36.3 Å². The number of fused-ring (bicyclic) bond motifs is 1. The second-order valence-electron chi connectivity index (χ2n) is 9.08. The zero-order valence-electron chi connectivity index (χ0n) is 19.4. The van der Waals surface area contributed by atoms with Crippen molar-refractivity contribution in [1.82, 2.24) is 14.6 Å². The molecule has 1 atom stereocenters. The smallest absolute Gasteiger partial charge is 0.240 e. The molecular formula is C27H29N3O4S. The number of para-hydroxylation sites is 1. The number of rotatable bonds is 8. The monoisotopic (exact) mass is 491 g/mol. The second-order valence-corrected chi connectivity index (χ2v) is 10.8.